The van der Waals surface area contributed by atoms with Gasteiger partial charge in [0.25, 0.3) is 0 Å². The minimum absolute atomic E-state index is 0.295. The Labute approximate surface area is 112 Å². The van der Waals surface area contributed by atoms with Crippen LogP contribution in [0.5, 0.6) is 0 Å². The molecule has 0 aromatic carbocycles. The van der Waals surface area contributed by atoms with Crippen LogP contribution in [0, 0.1) is 6.92 Å². The maximum absolute atomic E-state index is 12.2. The molecule has 5 heteroatoms. The first-order chi connectivity index (χ1) is 8.37. The van der Waals surface area contributed by atoms with E-state index < -0.39 is 5.60 Å². The van der Waals surface area contributed by atoms with Crippen LogP contribution in [0.25, 0.3) is 0 Å². The smallest absolute Gasteiger partial charge is 0.414 e. The molecule has 1 aliphatic heterocycles. The van der Waals surface area contributed by atoms with E-state index in [1.54, 1.807) is 16.7 Å². The maximum atomic E-state index is 12.2. The SMILES string of the molecule is Cc1cnc2c(c1)N(C(=O)OC(C)(C)C)CCS2. The largest absolute Gasteiger partial charge is 0.443 e. The predicted octanol–water partition coefficient (Wildman–Crippen LogP) is 3.24. The van der Waals surface area contributed by atoms with Gasteiger partial charge in [-0.25, -0.2) is 9.78 Å². The van der Waals surface area contributed by atoms with Gasteiger partial charge in [0.15, 0.2) is 0 Å². The van der Waals surface area contributed by atoms with E-state index in [2.05, 4.69) is 4.98 Å². The number of carbonyl (C=O) groups is 1. The van der Waals surface area contributed by atoms with Gasteiger partial charge in [-0.15, -0.1) is 11.8 Å². The fourth-order valence-electron chi connectivity index (χ4n) is 1.71. The van der Waals surface area contributed by atoms with Crippen LogP contribution in [-0.4, -0.2) is 29.0 Å². The number of aryl methyl sites for hydroxylation is 1. The number of hydrogen-bond donors (Lipinski definition) is 0. The molecule has 0 atom stereocenters. The Kier molecular flexibility index (Phi) is 3.52. The van der Waals surface area contributed by atoms with Gasteiger partial charge in [0, 0.05) is 18.5 Å². The first-order valence-electron chi connectivity index (χ1n) is 5.97. The molecule has 0 fully saturated rings. The van der Waals surface area contributed by atoms with Gasteiger partial charge in [-0.2, -0.15) is 0 Å². The fraction of sp³-hybridized carbons (Fsp3) is 0.538. The number of fused-ring (bicyclic) bond motifs is 1. The van der Waals surface area contributed by atoms with Crippen molar-refractivity contribution in [3.8, 4) is 0 Å². The van der Waals surface area contributed by atoms with Crippen LogP contribution >= 0.6 is 11.8 Å². The summed E-state index contributed by atoms with van der Waals surface area (Å²) in [5, 5.41) is 0.901. The topological polar surface area (TPSA) is 42.4 Å². The summed E-state index contributed by atoms with van der Waals surface area (Å²) in [4.78, 5) is 18.2. The summed E-state index contributed by atoms with van der Waals surface area (Å²) in [5.74, 6) is 0.850. The number of carbonyl (C=O) groups excluding carboxylic acids is 1. The molecule has 1 aliphatic rings. The molecular formula is C13H18N2O2S. The van der Waals surface area contributed by atoms with Gasteiger partial charge < -0.3 is 4.74 Å². The van der Waals surface area contributed by atoms with Crippen molar-refractivity contribution in [2.45, 2.75) is 38.3 Å². The van der Waals surface area contributed by atoms with E-state index in [-0.39, 0.29) is 6.09 Å². The average molecular weight is 266 g/mol. The third kappa shape index (κ3) is 2.96. The summed E-state index contributed by atoms with van der Waals surface area (Å²) in [6, 6.07) is 1.98. The number of aromatic nitrogens is 1. The molecule has 0 saturated carbocycles. The lowest BCUT2D eigenvalue weighted by Crippen LogP contribution is -2.40. The summed E-state index contributed by atoms with van der Waals surface area (Å²) in [6.45, 7) is 8.26. The second-order valence-electron chi connectivity index (χ2n) is 5.32. The van der Waals surface area contributed by atoms with Crippen LogP contribution in [-0.2, 0) is 4.74 Å². The lowest BCUT2D eigenvalue weighted by molar-refractivity contribution is 0.0581. The second-order valence-corrected chi connectivity index (χ2v) is 6.40. The average Bonchev–Trinajstić information content (AvgIpc) is 2.25. The van der Waals surface area contributed by atoms with Gasteiger partial charge in [-0.3, -0.25) is 4.90 Å². The number of hydrogen-bond acceptors (Lipinski definition) is 4. The minimum atomic E-state index is -0.473. The molecule has 2 rings (SSSR count). The van der Waals surface area contributed by atoms with Crippen molar-refractivity contribution in [2.75, 3.05) is 17.2 Å². The quantitative estimate of drug-likeness (QED) is 0.723. The van der Waals surface area contributed by atoms with E-state index in [4.69, 9.17) is 4.74 Å². The highest BCUT2D eigenvalue weighted by Crippen LogP contribution is 2.34. The van der Waals surface area contributed by atoms with Crippen molar-refractivity contribution in [2.24, 2.45) is 0 Å². The Morgan fingerprint density at radius 3 is 2.89 bits per heavy atom. The van der Waals surface area contributed by atoms with Crippen molar-refractivity contribution in [1.82, 2.24) is 4.98 Å². The molecule has 2 heterocycles. The molecule has 98 valence electrons. The first-order valence-corrected chi connectivity index (χ1v) is 6.95. The predicted molar refractivity (Wildman–Crippen MR) is 73.3 cm³/mol. The Balaban J connectivity index is 2.27. The van der Waals surface area contributed by atoms with Gasteiger partial charge in [0.05, 0.1) is 5.69 Å². The van der Waals surface area contributed by atoms with Crippen LogP contribution in [0.3, 0.4) is 0 Å². The minimum Gasteiger partial charge on any atom is -0.443 e. The highest BCUT2D eigenvalue weighted by Gasteiger charge is 2.28. The number of pyridine rings is 1. The van der Waals surface area contributed by atoms with E-state index in [9.17, 15) is 4.79 Å². The number of amides is 1. The molecule has 0 bridgehead atoms. The molecule has 18 heavy (non-hydrogen) atoms. The standard InChI is InChI=1S/C13H18N2O2S/c1-9-7-10-11(14-8-9)18-6-5-15(10)12(16)17-13(2,3)4/h7-8H,5-6H2,1-4H3. The number of nitrogens with zero attached hydrogens (tertiary/aromatic N) is 2. The molecule has 0 aliphatic carbocycles. The highest BCUT2D eigenvalue weighted by atomic mass is 32.2. The Morgan fingerprint density at radius 1 is 1.50 bits per heavy atom. The second kappa shape index (κ2) is 4.80. The zero-order valence-corrected chi connectivity index (χ0v) is 12.0. The maximum Gasteiger partial charge on any atom is 0.414 e. The van der Waals surface area contributed by atoms with E-state index in [1.807, 2.05) is 40.0 Å². The Bertz CT molecular complexity index is 469. The number of ether oxygens (including phenoxy) is 1. The molecule has 1 aromatic rings. The monoisotopic (exact) mass is 266 g/mol. The van der Waals surface area contributed by atoms with Crippen LogP contribution in [0.2, 0.25) is 0 Å². The van der Waals surface area contributed by atoms with Crippen molar-refractivity contribution in [3.63, 3.8) is 0 Å². The lowest BCUT2D eigenvalue weighted by Gasteiger charge is -2.30. The van der Waals surface area contributed by atoms with Crippen molar-refractivity contribution in [1.29, 1.82) is 0 Å². The lowest BCUT2D eigenvalue weighted by atomic mass is 10.2. The van der Waals surface area contributed by atoms with Crippen molar-refractivity contribution < 1.29 is 9.53 Å². The van der Waals surface area contributed by atoms with Gasteiger partial charge in [-0.05, 0) is 39.3 Å². The number of anilines is 1. The zero-order valence-electron chi connectivity index (χ0n) is 11.2. The molecule has 1 aromatic heterocycles. The van der Waals surface area contributed by atoms with Gasteiger partial charge >= 0.3 is 6.09 Å². The Morgan fingerprint density at radius 2 is 2.22 bits per heavy atom. The van der Waals surface area contributed by atoms with Crippen molar-refractivity contribution in [3.05, 3.63) is 17.8 Å². The van der Waals surface area contributed by atoms with Crippen LogP contribution in [0.15, 0.2) is 17.3 Å². The molecule has 0 radical (unpaired) electrons. The van der Waals surface area contributed by atoms with E-state index in [0.29, 0.717) is 6.54 Å². The summed E-state index contributed by atoms with van der Waals surface area (Å²) >= 11 is 1.68. The third-order valence-electron chi connectivity index (χ3n) is 2.43. The van der Waals surface area contributed by atoms with E-state index >= 15 is 0 Å². The van der Waals surface area contributed by atoms with Gasteiger partial charge in [0.1, 0.15) is 10.6 Å². The highest BCUT2D eigenvalue weighted by molar-refractivity contribution is 7.99. The molecule has 0 saturated heterocycles. The van der Waals surface area contributed by atoms with Crippen molar-refractivity contribution >= 4 is 23.5 Å². The Hall–Kier alpha value is -1.23. The summed E-state index contributed by atoms with van der Waals surface area (Å²) in [7, 11) is 0. The summed E-state index contributed by atoms with van der Waals surface area (Å²) in [5.41, 5.74) is 1.43. The molecule has 0 unspecified atom stereocenters. The van der Waals surface area contributed by atoms with Crippen LogP contribution < -0.4 is 4.90 Å². The summed E-state index contributed by atoms with van der Waals surface area (Å²) in [6.07, 6.45) is 1.53. The summed E-state index contributed by atoms with van der Waals surface area (Å²) < 4.78 is 5.42. The number of rotatable bonds is 0. The number of thioether (sulfide) groups is 1. The molecule has 1 amide bonds. The molecule has 0 spiro atoms. The van der Waals surface area contributed by atoms with Crippen LogP contribution in [0.4, 0.5) is 10.5 Å². The van der Waals surface area contributed by atoms with E-state index in [1.165, 1.54) is 0 Å². The third-order valence-corrected chi connectivity index (χ3v) is 3.40. The molecule has 0 N–H and O–H groups in total. The van der Waals surface area contributed by atoms with Gasteiger partial charge in [0.2, 0.25) is 0 Å². The van der Waals surface area contributed by atoms with E-state index in [0.717, 1.165) is 22.0 Å². The first kappa shape index (κ1) is 13.2. The molecule has 4 nitrogen and oxygen atoms in total. The zero-order chi connectivity index (χ0) is 13.3. The fourth-order valence-corrected chi connectivity index (χ4v) is 2.62. The normalized spacial score (nSPS) is 15.2. The molecular weight excluding hydrogens is 248 g/mol. The van der Waals surface area contributed by atoms with Crippen LogP contribution in [0.1, 0.15) is 26.3 Å². The van der Waals surface area contributed by atoms with Gasteiger partial charge in [-0.1, -0.05) is 0 Å².